The molecule has 8 rings (SSSR count). The number of aliphatic hydroxyl groups is 2. The number of anilines is 8. The van der Waals surface area contributed by atoms with E-state index in [1.807, 2.05) is 121 Å². The van der Waals surface area contributed by atoms with Crippen molar-refractivity contribution in [1.29, 1.82) is 0 Å². The molecule has 0 aromatic heterocycles. The first-order valence-corrected chi connectivity index (χ1v) is 20.5. The van der Waals surface area contributed by atoms with Crippen molar-refractivity contribution in [2.24, 2.45) is 0 Å². The predicted octanol–water partition coefficient (Wildman–Crippen LogP) is 6.39. The zero-order valence-corrected chi connectivity index (χ0v) is 39.4. The number of rotatable bonds is 12. The van der Waals surface area contributed by atoms with Gasteiger partial charge in [-0.15, -0.1) is 0 Å². The van der Waals surface area contributed by atoms with Crippen LogP contribution in [0.15, 0.2) is 218 Å². The summed E-state index contributed by atoms with van der Waals surface area (Å²) >= 11 is 0. The number of nitrogens with one attached hydrogen (secondary N) is 4. The van der Waals surface area contributed by atoms with Crippen LogP contribution in [0.4, 0.5) is 45.5 Å². The van der Waals surface area contributed by atoms with E-state index in [0.717, 1.165) is 37.0 Å². The largest absolute Gasteiger partial charge is 2.00 e. The van der Waals surface area contributed by atoms with Gasteiger partial charge in [0, 0.05) is 82.0 Å². The third-order valence-corrected chi connectivity index (χ3v) is 8.80. The summed E-state index contributed by atoms with van der Waals surface area (Å²) in [7, 11) is 2.00. The second-order valence-electron chi connectivity index (χ2n) is 13.3. The van der Waals surface area contributed by atoms with Gasteiger partial charge in [-0.3, -0.25) is 0 Å². The van der Waals surface area contributed by atoms with E-state index in [1.54, 1.807) is 72.8 Å². The molecule has 8 aromatic rings. The number of hydrogen-bond acceptors (Lipinski definition) is 14. The van der Waals surface area contributed by atoms with Crippen LogP contribution in [0.25, 0.3) is 0 Å². The average molecular weight is 1040 g/mol. The van der Waals surface area contributed by atoms with Crippen molar-refractivity contribution in [2.45, 2.75) is 0 Å². The summed E-state index contributed by atoms with van der Waals surface area (Å²) in [6.45, 7) is 0. The summed E-state index contributed by atoms with van der Waals surface area (Å²) in [6.07, 6.45) is 0. The van der Waals surface area contributed by atoms with Crippen LogP contribution in [0.3, 0.4) is 0 Å². The Balaban J connectivity index is 0.000000451. The maximum atomic E-state index is 10.9. The molecule has 16 heteroatoms. The van der Waals surface area contributed by atoms with Gasteiger partial charge in [-0.05, 0) is 72.8 Å². The summed E-state index contributed by atoms with van der Waals surface area (Å²) in [5.74, 6) is -4.73. The number of aromatic carboxylic acids is 4. The number of aliphatic hydroxyl groups excluding tert-OH is 2. The first-order valence-electron chi connectivity index (χ1n) is 20.5. The van der Waals surface area contributed by atoms with Crippen LogP contribution in [0.5, 0.6) is 0 Å². The van der Waals surface area contributed by atoms with Crippen LogP contribution in [-0.2, 0) is 34.1 Å². The number of benzene rings is 8. The number of carboxylic acid groups (broad SMARTS) is 4. The molecule has 0 amide bonds. The second kappa shape index (κ2) is 34.1. The van der Waals surface area contributed by atoms with E-state index in [1.165, 1.54) is 24.3 Å². The Morgan fingerprint density at radius 3 is 0.571 bits per heavy atom. The summed E-state index contributed by atoms with van der Waals surface area (Å²) in [6, 6.07) is 64.2. The van der Waals surface area contributed by atoms with Gasteiger partial charge < -0.3 is 71.1 Å². The summed E-state index contributed by atoms with van der Waals surface area (Å²) in [5, 5.41) is 69.6. The molecule has 0 unspecified atom stereocenters. The van der Waals surface area contributed by atoms with Gasteiger partial charge in [0.05, 0.1) is 23.9 Å². The molecule has 0 aliphatic carbocycles. The van der Waals surface area contributed by atoms with Gasteiger partial charge in [-0.2, -0.15) is 0 Å². The molecule has 0 heterocycles. The molecule has 0 spiro atoms. The van der Waals surface area contributed by atoms with Crippen LogP contribution in [0, 0.1) is 0 Å². The van der Waals surface area contributed by atoms with E-state index in [9.17, 15) is 39.6 Å². The molecule has 0 bridgehead atoms. The molecular formula is C54H48Cu2N4O10. The molecule has 2 radical (unpaired) electrons. The second-order valence-corrected chi connectivity index (χ2v) is 13.3. The van der Waals surface area contributed by atoms with Gasteiger partial charge in [-0.1, -0.05) is 146 Å². The van der Waals surface area contributed by atoms with Gasteiger partial charge in [0.15, 0.2) is 0 Å². The molecule has 0 atom stereocenters. The van der Waals surface area contributed by atoms with Crippen molar-refractivity contribution in [2.75, 3.05) is 35.5 Å². The van der Waals surface area contributed by atoms with Crippen molar-refractivity contribution in [3.8, 4) is 0 Å². The molecule has 14 nitrogen and oxygen atoms in total. The normalized spacial score (nSPS) is 9.09. The molecule has 366 valence electrons. The quantitative estimate of drug-likeness (QED) is 0.0727. The Morgan fingerprint density at radius 2 is 0.414 bits per heavy atom. The Hall–Kier alpha value is -8.20. The van der Waals surface area contributed by atoms with Gasteiger partial charge >= 0.3 is 34.1 Å². The van der Waals surface area contributed by atoms with E-state index < -0.39 is 23.9 Å². The third-order valence-electron chi connectivity index (χ3n) is 8.80. The summed E-state index contributed by atoms with van der Waals surface area (Å²) < 4.78 is 0. The van der Waals surface area contributed by atoms with E-state index in [0.29, 0.717) is 22.7 Å². The summed E-state index contributed by atoms with van der Waals surface area (Å²) in [4.78, 5) is 43.4. The van der Waals surface area contributed by atoms with E-state index in [4.69, 9.17) is 10.2 Å². The monoisotopic (exact) mass is 1040 g/mol. The molecule has 8 aromatic carbocycles. The van der Waals surface area contributed by atoms with Crippen LogP contribution >= 0.6 is 0 Å². The van der Waals surface area contributed by atoms with Crippen molar-refractivity contribution in [3.63, 3.8) is 0 Å². The third kappa shape index (κ3) is 20.8. The Kier molecular flexibility index (Phi) is 29.2. The zero-order valence-electron chi connectivity index (χ0n) is 37.5. The SMILES string of the molecule is CO.CO.O=C([O-])c1ccccc1Nc1ccccc1.O=C([O-])c1ccccc1Nc1ccccc1.O=C([O-])c1ccccc1Nc1ccccc1.O=C([O-])c1ccccc1Nc1ccccc1.[Cu+2].[Cu+2]. The van der Waals surface area contributed by atoms with Crippen LogP contribution in [0.2, 0.25) is 0 Å². The topological polar surface area (TPSA) is 249 Å². The fourth-order valence-electron chi connectivity index (χ4n) is 5.79. The Morgan fingerprint density at radius 1 is 0.271 bits per heavy atom. The molecular weight excluding hydrogens is 992 g/mol. The van der Waals surface area contributed by atoms with Gasteiger partial charge in [0.2, 0.25) is 0 Å². The number of carbonyl (C=O) groups is 4. The van der Waals surface area contributed by atoms with E-state index in [-0.39, 0.29) is 56.4 Å². The maximum absolute atomic E-state index is 10.9. The number of carboxylic acids is 4. The van der Waals surface area contributed by atoms with Crippen molar-refractivity contribution in [1.82, 2.24) is 0 Å². The molecule has 0 saturated heterocycles. The van der Waals surface area contributed by atoms with Crippen molar-refractivity contribution in [3.05, 3.63) is 241 Å². The summed E-state index contributed by atoms with van der Waals surface area (Å²) in [5.41, 5.74) is 6.15. The van der Waals surface area contributed by atoms with Crippen LogP contribution in [-0.4, -0.2) is 48.3 Å². The van der Waals surface area contributed by atoms with Crippen LogP contribution < -0.4 is 41.7 Å². The zero-order chi connectivity index (χ0) is 49.5. The molecule has 0 saturated carbocycles. The first kappa shape index (κ1) is 59.8. The fraction of sp³-hybridized carbons (Fsp3) is 0.0370. The molecule has 0 aliphatic heterocycles. The smallest absolute Gasteiger partial charge is 0.545 e. The fourth-order valence-corrected chi connectivity index (χ4v) is 5.79. The Bertz CT molecular complexity index is 2380. The standard InChI is InChI=1S/4C13H11NO2.2CH4O.2Cu/c4*15-13(16)11-8-4-5-9-12(11)14-10-6-2-1-3-7-10;2*1-2;;/h4*1-9,14H,(H,15,16);2*2H,1H3;;/q;;;;;;2*+2/p-4. The first-order chi connectivity index (χ1) is 33.1. The molecule has 0 fully saturated rings. The van der Waals surface area contributed by atoms with Gasteiger partial charge in [0.1, 0.15) is 0 Å². The van der Waals surface area contributed by atoms with Gasteiger partial charge in [-0.25, -0.2) is 0 Å². The predicted molar refractivity (Wildman–Crippen MR) is 258 cm³/mol. The maximum Gasteiger partial charge on any atom is 2.00 e. The van der Waals surface area contributed by atoms with E-state index >= 15 is 0 Å². The number of para-hydroxylation sites is 8. The minimum atomic E-state index is -1.18. The molecule has 0 aliphatic rings. The number of hydrogen-bond donors (Lipinski definition) is 6. The minimum Gasteiger partial charge on any atom is -0.545 e. The van der Waals surface area contributed by atoms with Gasteiger partial charge in [0.25, 0.3) is 0 Å². The molecule has 70 heavy (non-hydrogen) atoms. The minimum absolute atomic E-state index is 0. The molecule has 6 N–H and O–H groups in total. The Labute approximate surface area is 427 Å². The average Bonchev–Trinajstić information content (AvgIpc) is 3.37. The number of carbonyl (C=O) groups excluding carboxylic acids is 4. The van der Waals surface area contributed by atoms with Crippen LogP contribution in [0.1, 0.15) is 41.4 Å². The van der Waals surface area contributed by atoms with E-state index in [2.05, 4.69) is 21.3 Å². The van der Waals surface area contributed by atoms with Crippen molar-refractivity contribution < 1.29 is 84.0 Å². The van der Waals surface area contributed by atoms with Crippen molar-refractivity contribution >= 4 is 69.4 Å².